The summed E-state index contributed by atoms with van der Waals surface area (Å²) in [6, 6.07) is 32.0. The van der Waals surface area contributed by atoms with Gasteiger partial charge in [0.25, 0.3) is 0 Å². The monoisotopic (exact) mass is 773 g/mol. The van der Waals surface area contributed by atoms with Crippen molar-refractivity contribution in [2.75, 3.05) is 59.7 Å². The van der Waals surface area contributed by atoms with Crippen LogP contribution in [-0.2, 0) is 20.9 Å². The maximum atomic E-state index is 12.7. The van der Waals surface area contributed by atoms with Crippen molar-refractivity contribution < 1.29 is 14.4 Å². The third kappa shape index (κ3) is 8.57. The molecule has 4 aliphatic heterocycles. The van der Waals surface area contributed by atoms with Crippen LogP contribution in [0.4, 0.5) is 22.7 Å². The molecule has 11 heteroatoms. The van der Waals surface area contributed by atoms with Gasteiger partial charge in [0.2, 0.25) is 17.7 Å². The maximum Gasteiger partial charge on any atom is 0.249 e. The molecule has 0 radical (unpaired) electrons. The number of nitrogens with zero attached hydrogens (tertiary/aromatic N) is 4. The molecule has 0 spiro atoms. The molecule has 4 aromatic rings. The minimum Gasteiger partial charge on any atom is -0.378 e. The summed E-state index contributed by atoms with van der Waals surface area (Å²) in [6.45, 7) is 11.0. The van der Waals surface area contributed by atoms with Crippen molar-refractivity contribution in [1.29, 1.82) is 0 Å². The minimum atomic E-state index is -0.373. The second kappa shape index (κ2) is 16.7. The van der Waals surface area contributed by atoms with E-state index in [1.165, 1.54) is 16.8 Å². The summed E-state index contributed by atoms with van der Waals surface area (Å²) in [7, 11) is 0. The third-order valence-corrected chi connectivity index (χ3v) is 12.3. The van der Waals surface area contributed by atoms with Gasteiger partial charge in [0, 0.05) is 99.0 Å². The van der Waals surface area contributed by atoms with E-state index in [1.807, 2.05) is 41.3 Å². The lowest BCUT2D eigenvalue weighted by atomic mass is 9.89. The van der Waals surface area contributed by atoms with Crippen LogP contribution >= 0.6 is 11.6 Å². The number of piperidine rings is 2. The SMILES string of the molecule is CC(=O)N1c2ccc(-c3ccc(N4CCC(N5CCN(Cc6cccc(NC7CCC(=O)NC7=O)c6)CC5)CC4)cc3)cc2C(Nc2ccc(Cl)cc2)CC1C. The number of carbonyl (C=O) groups excluding carboxylic acids is 3. The summed E-state index contributed by atoms with van der Waals surface area (Å²) < 4.78 is 0. The van der Waals surface area contributed by atoms with Crippen LogP contribution in [-0.4, -0.2) is 84.9 Å². The molecule has 4 aliphatic rings. The third-order valence-electron chi connectivity index (χ3n) is 12.1. The van der Waals surface area contributed by atoms with Crippen molar-refractivity contribution >= 4 is 52.1 Å². The molecular formula is C45H52ClN7O3. The summed E-state index contributed by atoms with van der Waals surface area (Å²) in [5, 5.41) is 10.2. The van der Waals surface area contributed by atoms with Crippen molar-refractivity contribution in [1.82, 2.24) is 15.1 Å². The van der Waals surface area contributed by atoms with Crippen LogP contribution < -0.4 is 25.8 Å². The Morgan fingerprint density at radius 2 is 1.50 bits per heavy atom. The first kappa shape index (κ1) is 38.0. The molecule has 3 N–H and O–H groups in total. The van der Waals surface area contributed by atoms with Crippen molar-refractivity contribution in [3.05, 3.63) is 107 Å². The van der Waals surface area contributed by atoms with Crippen molar-refractivity contribution in [3.63, 3.8) is 0 Å². The van der Waals surface area contributed by atoms with Gasteiger partial charge in [-0.1, -0.05) is 41.9 Å². The minimum absolute atomic E-state index is 0.0629. The molecule has 0 aliphatic carbocycles. The van der Waals surface area contributed by atoms with Crippen molar-refractivity contribution in [2.24, 2.45) is 0 Å². The Bertz CT molecular complexity index is 2040. The van der Waals surface area contributed by atoms with Gasteiger partial charge in [-0.2, -0.15) is 0 Å². The number of carbonyl (C=O) groups is 3. The molecule has 3 amide bonds. The molecule has 10 nitrogen and oxygen atoms in total. The van der Waals surface area contributed by atoms with Crippen LogP contribution in [0.5, 0.6) is 0 Å². The van der Waals surface area contributed by atoms with Gasteiger partial charge >= 0.3 is 0 Å². The van der Waals surface area contributed by atoms with Crippen LogP contribution in [0.2, 0.25) is 5.02 Å². The summed E-state index contributed by atoms with van der Waals surface area (Å²) in [5.74, 6) is -0.378. The molecule has 8 rings (SSSR count). The first-order chi connectivity index (χ1) is 27.2. The largest absolute Gasteiger partial charge is 0.378 e. The average Bonchev–Trinajstić information content (AvgIpc) is 3.20. The molecule has 3 atom stereocenters. The molecule has 0 saturated carbocycles. The molecular weight excluding hydrogens is 722 g/mol. The van der Waals surface area contributed by atoms with E-state index in [-0.39, 0.29) is 35.8 Å². The van der Waals surface area contributed by atoms with Gasteiger partial charge in [-0.15, -0.1) is 0 Å². The van der Waals surface area contributed by atoms with E-state index in [1.54, 1.807) is 6.92 Å². The lowest BCUT2D eigenvalue weighted by Gasteiger charge is -2.43. The zero-order chi connectivity index (χ0) is 38.8. The zero-order valence-electron chi connectivity index (χ0n) is 32.3. The number of anilines is 4. The number of nitrogens with one attached hydrogen (secondary N) is 3. The predicted molar refractivity (Wildman–Crippen MR) is 225 cm³/mol. The van der Waals surface area contributed by atoms with E-state index in [0.29, 0.717) is 23.9 Å². The van der Waals surface area contributed by atoms with Crippen LogP contribution in [0.25, 0.3) is 11.1 Å². The fraction of sp³-hybridized carbons (Fsp3) is 0.400. The fourth-order valence-corrected chi connectivity index (χ4v) is 9.22. The fourth-order valence-electron chi connectivity index (χ4n) is 9.10. The Kier molecular flexibility index (Phi) is 11.3. The Hall–Kier alpha value is -4.90. The van der Waals surface area contributed by atoms with Crippen molar-refractivity contribution in [3.8, 4) is 11.1 Å². The number of fused-ring (bicyclic) bond motifs is 1. The van der Waals surface area contributed by atoms with E-state index in [0.717, 1.165) is 93.3 Å². The molecule has 0 aromatic heterocycles. The van der Waals surface area contributed by atoms with Gasteiger partial charge in [-0.3, -0.25) is 29.5 Å². The first-order valence-electron chi connectivity index (χ1n) is 20.1. The van der Waals surface area contributed by atoms with Gasteiger partial charge in [0.05, 0.1) is 6.04 Å². The Morgan fingerprint density at radius 1 is 0.786 bits per heavy atom. The molecule has 292 valence electrons. The number of hydrogen-bond acceptors (Lipinski definition) is 8. The van der Waals surface area contributed by atoms with Crippen LogP contribution in [0.15, 0.2) is 91.0 Å². The van der Waals surface area contributed by atoms with E-state index in [4.69, 9.17) is 11.6 Å². The first-order valence-corrected chi connectivity index (χ1v) is 20.5. The zero-order valence-corrected chi connectivity index (χ0v) is 33.1. The Morgan fingerprint density at radius 3 is 2.21 bits per heavy atom. The number of halogens is 1. The number of hydrogen-bond donors (Lipinski definition) is 3. The van der Waals surface area contributed by atoms with E-state index in [2.05, 4.69) is 92.2 Å². The van der Waals surface area contributed by atoms with Crippen LogP contribution in [0.1, 0.15) is 63.1 Å². The number of piperazine rings is 1. The average molecular weight is 774 g/mol. The summed E-state index contributed by atoms with van der Waals surface area (Å²) in [4.78, 5) is 46.1. The lowest BCUT2D eigenvalue weighted by molar-refractivity contribution is -0.133. The normalized spacial score (nSPS) is 22.4. The predicted octanol–water partition coefficient (Wildman–Crippen LogP) is 7.31. The van der Waals surface area contributed by atoms with Gasteiger partial charge in [-0.05, 0) is 116 Å². The smallest absolute Gasteiger partial charge is 0.249 e. The molecule has 3 unspecified atom stereocenters. The van der Waals surface area contributed by atoms with Gasteiger partial charge in [-0.25, -0.2) is 0 Å². The van der Waals surface area contributed by atoms with E-state index < -0.39 is 0 Å². The number of imide groups is 1. The summed E-state index contributed by atoms with van der Waals surface area (Å²) in [6.07, 6.45) is 4.02. The lowest BCUT2D eigenvalue weighted by Crippen LogP contribution is -2.53. The van der Waals surface area contributed by atoms with Gasteiger partial charge in [0.15, 0.2) is 0 Å². The molecule has 4 aromatic carbocycles. The molecule has 3 fully saturated rings. The molecule has 3 saturated heterocycles. The maximum absolute atomic E-state index is 12.7. The quantitative estimate of drug-likeness (QED) is 0.153. The number of rotatable bonds is 9. The molecule has 56 heavy (non-hydrogen) atoms. The highest BCUT2D eigenvalue weighted by molar-refractivity contribution is 6.30. The van der Waals surface area contributed by atoms with Crippen LogP contribution in [0.3, 0.4) is 0 Å². The molecule has 4 heterocycles. The molecule has 0 bridgehead atoms. The van der Waals surface area contributed by atoms with E-state index >= 15 is 0 Å². The second-order valence-corrected chi connectivity index (χ2v) is 16.3. The highest BCUT2D eigenvalue weighted by atomic mass is 35.5. The standard InChI is InChI=1S/C45H52ClN7O3/c1-30-26-42(47-36-11-9-35(46)10-12-36)40-28-34(8-16-43(40)53(30)31(2)54)33-6-13-38(14-7-33)51-20-18-39(19-21-51)52-24-22-50(23-25-52)29-32-4-3-5-37(27-32)48-41-15-17-44(55)49-45(41)56/h3-14,16,27-28,30,39,41-42,47-48H,15,17-26,29H2,1-2H3,(H,49,55,56). The number of amides is 3. The highest BCUT2D eigenvalue weighted by Gasteiger charge is 2.33. The summed E-state index contributed by atoms with van der Waals surface area (Å²) >= 11 is 6.16. The van der Waals surface area contributed by atoms with Gasteiger partial charge < -0.3 is 20.4 Å². The van der Waals surface area contributed by atoms with Crippen LogP contribution in [0, 0.1) is 0 Å². The number of benzene rings is 4. The topological polar surface area (TPSA) is 100 Å². The second-order valence-electron chi connectivity index (χ2n) is 15.9. The van der Waals surface area contributed by atoms with Crippen molar-refractivity contribution in [2.45, 2.75) is 76.7 Å². The highest BCUT2D eigenvalue weighted by Crippen LogP contribution is 2.41. The summed E-state index contributed by atoms with van der Waals surface area (Å²) in [5.41, 5.74) is 8.84. The Balaban J connectivity index is 0.844. The Labute approximate surface area is 335 Å². The van der Waals surface area contributed by atoms with Gasteiger partial charge in [0.1, 0.15) is 6.04 Å². The van der Waals surface area contributed by atoms with E-state index in [9.17, 15) is 14.4 Å².